The Morgan fingerprint density at radius 2 is 1.95 bits per heavy atom. The van der Waals surface area contributed by atoms with Crippen molar-refractivity contribution in [2.24, 2.45) is 11.7 Å². The molecule has 120 valence electrons. The van der Waals surface area contributed by atoms with E-state index in [1.165, 1.54) is 7.11 Å². The number of methoxy groups -OCH3 is 1. The van der Waals surface area contributed by atoms with E-state index in [1.807, 2.05) is 0 Å². The summed E-state index contributed by atoms with van der Waals surface area (Å²) in [7, 11) is 1.48. The molecule has 1 aliphatic carbocycles. The summed E-state index contributed by atoms with van der Waals surface area (Å²) in [6.45, 7) is 1.67. The van der Waals surface area contributed by atoms with Gasteiger partial charge in [-0.2, -0.15) is 0 Å². The Balaban J connectivity index is 1.96. The molecule has 6 heteroatoms. The summed E-state index contributed by atoms with van der Waals surface area (Å²) in [5.74, 6) is -0.267. The molecule has 22 heavy (non-hydrogen) atoms. The topological polar surface area (TPSA) is 93.5 Å². The Kier molecular flexibility index (Phi) is 5.51. The molecule has 1 aromatic rings. The number of anilines is 2. The molecule has 1 aromatic carbocycles. The van der Waals surface area contributed by atoms with Crippen molar-refractivity contribution in [2.45, 2.75) is 38.3 Å². The van der Waals surface area contributed by atoms with Gasteiger partial charge in [0.25, 0.3) is 5.91 Å². The summed E-state index contributed by atoms with van der Waals surface area (Å²) in [5.41, 5.74) is 7.12. The first-order chi connectivity index (χ1) is 10.5. The van der Waals surface area contributed by atoms with Crippen molar-refractivity contribution in [3.63, 3.8) is 0 Å². The average Bonchev–Trinajstić information content (AvgIpc) is 2.93. The first-order valence-electron chi connectivity index (χ1n) is 7.49. The van der Waals surface area contributed by atoms with Gasteiger partial charge < -0.3 is 21.1 Å². The number of benzene rings is 1. The smallest absolute Gasteiger partial charge is 0.253 e. The zero-order valence-electron chi connectivity index (χ0n) is 13.0. The normalized spacial score (nSPS) is 22.1. The van der Waals surface area contributed by atoms with Crippen LogP contribution in [0.15, 0.2) is 24.3 Å². The van der Waals surface area contributed by atoms with Crippen LogP contribution in [0.4, 0.5) is 11.4 Å². The molecule has 2 amide bonds. The second kappa shape index (κ2) is 7.38. The van der Waals surface area contributed by atoms with Crippen molar-refractivity contribution < 1.29 is 14.3 Å². The maximum Gasteiger partial charge on any atom is 0.253 e. The van der Waals surface area contributed by atoms with Crippen molar-refractivity contribution in [2.75, 3.05) is 17.7 Å². The van der Waals surface area contributed by atoms with Crippen molar-refractivity contribution in [3.05, 3.63) is 24.3 Å². The second-order valence-electron chi connectivity index (χ2n) is 5.71. The van der Waals surface area contributed by atoms with Crippen molar-refractivity contribution in [1.29, 1.82) is 0 Å². The summed E-state index contributed by atoms with van der Waals surface area (Å²) in [5, 5.41) is 5.63. The van der Waals surface area contributed by atoms with Gasteiger partial charge in [-0.1, -0.05) is 6.07 Å². The van der Waals surface area contributed by atoms with Gasteiger partial charge in [0.1, 0.15) is 6.10 Å². The third-order valence-corrected chi connectivity index (χ3v) is 3.96. The van der Waals surface area contributed by atoms with Gasteiger partial charge in [0.2, 0.25) is 5.91 Å². The number of hydrogen-bond donors (Lipinski definition) is 3. The fourth-order valence-corrected chi connectivity index (χ4v) is 2.52. The first kappa shape index (κ1) is 16.5. The summed E-state index contributed by atoms with van der Waals surface area (Å²) in [6.07, 6.45) is 1.92. The number of hydrogen-bond acceptors (Lipinski definition) is 4. The van der Waals surface area contributed by atoms with Crippen LogP contribution in [0.1, 0.15) is 26.2 Å². The zero-order valence-corrected chi connectivity index (χ0v) is 13.0. The highest BCUT2D eigenvalue weighted by Gasteiger charge is 2.27. The molecule has 0 bridgehead atoms. The number of carbonyl (C=O) groups excluding carboxylic acids is 2. The molecule has 0 spiro atoms. The highest BCUT2D eigenvalue weighted by atomic mass is 16.5. The quantitative estimate of drug-likeness (QED) is 0.772. The van der Waals surface area contributed by atoms with Crippen LogP contribution in [-0.4, -0.2) is 31.1 Å². The summed E-state index contributed by atoms with van der Waals surface area (Å²) in [6, 6.07) is 7.19. The van der Waals surface area contributed by atoms with E-state index in [-0.39, 0.29) is 23.8 Å². The highest BCUT2D eigenvalue weighted by molar-refractivity contribution is 5.96. The average molecular weight is 305 g/mol. The number of amides is 2. The first-order valence-corrected chi connectivity index (χ1v) is 7.49. The summed E-state index contributed by atoms with van der Waals surface area (Å²) >= 11 is 0. The lowest BCUT2D eigenvalue weighted by Crippen LogP contribution is -2.26. The molecule has 2 rings (SSSR count). The molecule has 0 aliphatic heterocycles. The van der Waals surface area contributed by atoms with E-state index < -0.39 is 6.10 Å². The zero-order chi connectivity index (χ0) is 16.1. The fourth-order valence-electron chi connectivity index (χ4n) is 2.52. The van der Waals surface area contributed by atoms with Gasteiger partial charge in [0.05, 0.1) is 0 Å². The van der Waals surface area contributed by atoms with E-state index in [4.69, 9.17) is 10.5 Å². The van der Waals surface area contributed by atoms with Crippen LogP contribution >= 0.6 is 0 Å². The van der Waals surface area contributed by atoms with Gasteiger partial charge in [0.15, 0.2) is 0 Å². The number of nitrogens with two attached hydrogens (primary N) is 1. The van der Waals surface area contributed by atoms with Gasteiger partial charge in [-0.05, 0) is 44.4 Å². The largest absolute Gasteiger partial charge is 0.372 e. The molecule has 0 radical (unpaired) electrons. The van der Waals surface area contributed by atoms with Crippen LogP contribution in [0, 0.1) is 5.92 Å². The van der Waals surface area contributed by atoms with Crippen LogP contribution in [0.25, 0.3) is 0 Å². The third kappa shape index (κ3) is 4.29. The molecule has 6 nitrogen and oxygen atoms in total. The van der Waals surface area contributed by atoms with Crippen LogP contribution in [0.2, 0.25) is 0 Å². The van der Waals surface area contributed by atoms with E-state index in [0.29, 0.717) is 11.4 Å². The Morgan fingerprint density at radius 3 is 2.55 bits per heavy atom. The SMILES string of the molecule is COC(C)C(=O)Nc1cccc(NC(=O)C2CCC(N)C2)c1. The van der Waals surface area contributed by atoms with Crippen LogP contribution < -0.4 is 16.4 Å². The number of rotatable bonds is 5. The van der Waals surface area contributed by atoms with Gasteiger partial charge in [0, 0.05) is 30.4 Å². The van der Waals surface area contributed by atoms with Crippen LogP contribution in [-0.2, 0) is 14.3 Å². The predicted molar refractivity (Wildman–Crippen MR) is 85.5 cm³/mol. The summed E-state index contributed by atoms with van der Waals surface area (Å²) < 4.78 is 4.96. The lowest BCUT2D eigenvalue weighted by Gasteiger charge is -2.13. The van der Waals surface area contributed by atoms with E-state index in [9.17, 15) is 9.59 Å². The second-order valence-corrected chi connectivity index (χ2v) is 5.71. The Bertz CT molecular complexity index is 547. The molecular weight excluding hydrogens is 282 g/mol. The maximum absolute atomic E-state index is 12.2. The van der Waals surface area contributed by atoms with E-state index >= 15 is 0 Å². The molecular formula is C16H23N3O3. The highest BCUT2D eigenvalue weighted by Crippen LogP contribution is 2.26. The van der Waals surface area contributed by atoms with Gasteiger partial charge in [-0.3, -0.25) is 9.59 Å². The minimum absolute atomic E-state index is 0.0123. The lowest BCUT2D eigenvalue weighted by molar-refractivity contribution is -0.124. The molecule has 0 aromatic heterocycles. The van der Waals surface area contributed by atoms with Gasteiger partial charge in [-0.15, -0.1) is 0 Å². The fraction of sp³-hybridized carbons (Fsp3) is 0.500. The van der Waals surface area contributed by atoms with E-state index in [0.717, 1.165) is 19.3 Å². The molecule has 1 saturated carbocycles. The third-order valence-electron chi connectivity index (χ3n) is 3.96. The Labute approximate surface area is 130 Å². The molecule has 3 atom stereocenters. The Hall–Kier alpha value is -1.92. The molecule has 4 N–H and O–H groups in total. The predicted octanol–water partition coefficient (Wildman–Crippen LogP) is 1.73. The Morgan fingerprint density at radius 1 is 1.27 bits per heavy atom. The lowest BCUT2D eigenvalue weighted by atomic mass is 10.1. The molecule has 0 saturated heterocycles. The van der Waals surface area contributed by atoms with Crippen molar-refractivity contribution in [1.82, 2.24) is 0 Å². The van der Waals surface area contributed by atoms with Crippen LogP contribution in [0.5, 0.6) is 0 Å². The minimum atomic E-state index is -0.529. The molecule has 1 aliphatic rings. The number of ether oxygens (including phenoxy) is 1. The molecule has 0 heterocycles. The van der Waals surface area contributed by atoms with Crippen molar-refractivity contribution in [3.8, 4) is 0 Å². The van der Waals surface area contributed by atoms with Gasteiger partial charge >= 0.3 is 0 Å². The van der Waals surface area contributed by atoms with Crippen LogP contribution in [0.3, 0.4) is 0 Å². The molecule has 3 unspecified atom stereocenters. The number of nitrogens with one attached hydrogen (secondary N) is 2. The minimum Gasteiger partial charge on any atom is -0.372 e. The summed E-state index contributed by atoms with van der Waals surface area (Å²) in [4.78, 5) is 24.0. The van der Waals surface area contributed by atoms with E-state index in [1.54, 1.807) is 31.2 Å². The maximum atomic E-state index is 12.2. The standard InChI is InChI=1S/C16H23N3O3/c1-10(22-2)15(20)18-13-4-3-5-14(9-13)19-16(21)11-6-7-12(17)8-11/h3-5,9-12H,6-8,17H2,1-2H3,(H,18,20)(H,19,21). The van der Waals surface area contributed by atoms with E-state index in [2.05, 4.69) is 10.6 Å². The molecule has 1 fully saturated rings. The van der Waals surface area contributed by atoms with Crippen molar-refractivity contribution >= 4 is 23.2 Å². The van der Waals surface area contributed by atoms with Gasteiger partial charge in [-0.25, -0.2) is 0 Å². The monoisotopic (exact) mass is 305 g/mol. The number of carbonyl (C=O) groups is 2.